The van der Waals surface area contributed by atoms with Gasteiger partial charge in [0, 0.05) is 25.2 Å². The molecule has 0 radical (unpaired) electrons. The number of carbonyl (C=O) groups is 1. The van der Waals surface area contributed by atoms with E-state index in [1.165, 1.54) is 11.1 Å². The predicted octanol–water partition coefficient (Wildman–Crippen LogP) is 4.44. The zero-order chi connectivity index (χ0) is 20.4. The SMILES string of the molecule is C=CCN(CCC(Cc1ccccc1)N(C)C)C(=O)N[C@@H](C)Cc1ccsc1. The summed E-state index contributed by atoms with van der Waals surface area (Å²) < 4.78 is 0. The van der Waals surface area contributed by atoms with Crippen molar-refractivity contribution in [3.05, 3.63) is 70.9 Å². The normalized spacial score (nSPS) is 13.1. The van der Waals surface area contributed by atoms with Gasteiger partial charge in [-0.3, -0.25) is 0 Å². The van der Waals surface area contributed by atoms with Crippen LogP contribution in [0.5, 0.6) is 0 Å². The van der Waals surface area contributed by atoms with Gasteiger partial charge in [-0.15, -0.1) is 6.58 Å². The maximum atomic E-state index is 12.8. The fourth-order valence-corrected chi connectivity index (χ4v) is 3.96. The summed E-state index contributed by atoms with van der Waals surface area (Å²) in [5.41, 5.74) is 2.59. The second-order valence-corrected chi connectivity index (χ2v) is 8.30. The monoisotopic (exact) mass is 399 g/mol. The average molecular weight is 400 g/mol. The molecule has 1 aromatic carbocycles. The third-order valence-corrected chi connectivity index (χ3v) is 5.64. The van der Waals surface area contributed by atoms with E-state index in [1.807, 2.05) is 11.0 Å². The molecular formula is C23H33N3OS. The lowest BCUT2D eigenvalue weighted by atomic mass is 10.0. The van der Waals surface area contributed by atoms with Gasteiger partial charge in [0.05, 0.1) is 0 Å². The highest BCUT2D eigenvalue weighted by atomic mass is 32.1. The van der Waals surface area contributed by atoms with E-state index in [1.54, 1.807) is 17.4 Å². The lowest BCUT2D eigenvalue weighted by Crippen LogP contribution is -2.46. The van der Waals surface area contributed by atoms with Crippen molar-refractivity contribution in [2.24, 2.45) is 0 Å². The van der Waals surface area contributed by atoms with Crippen LogP contribution in [0.1, 0.15) is 24.5 Å². The van der Waals surface area contributed by atoms with Crippen LogP contribution >= 0.6 is 11.3 Å². The molecule has 1 unspecified atom stereocenters. The molecule has 2 rings (SSSR count). The lowest BCUT2D eigenvalue weighted by molar-refractivity contribution is 0.189. The molecule has 0 fully saturated rings. The number of urea groups is 1. The van der Waals surface area contributed by atoms with Crippen LogP contribution in [0.15, 0.2) is 59.8 Å². The van der Waals surface area contributed by atoms with E-state index in [4.69, 9.17) is 0 Å². The number of nitrogens with one attached hydrogen (secondary N) is 1. The van der Waals surface area contributed by atoms with E-state index in [9.17, 15) is 4.79 Å². The predicted molar refractivity (Wildman–Crippen MR) is 120 cm³/mol. The first kappa shape index (κ1) is 22.2. The third kappa shape index (κ3) is 7.49. The minimum atomic E-state index is -0.0140. The number of nitrogens with zero attached hydrogens (tertiary/aromatic N) is 2. The van der Waals surface area contributed by atoms with Crippen LogP contribution in [0, 0.1) is 0 Å². The first-order chi connectivity index (χ1) is 13.5. The average Bonchev–Trinajstić information content (AvgIpc) is 3.17. The van der Waals surface area contributed by atoms with Crippen molar-refractivity contribution in [2.45, 2.75) is 38.3 Å². The fourth-order valence-electron chi connectivity index (χ4n) is 3.28. The second-order valence-electron chi connectivity index (χ2n) is 7.52. The van der Waals surface area contributed by atoms with Gasteiger partial charge in [0.25, 0.3) is 0 Å². The Hall–Kier alpha value is -2.11. The first-order valence-electron chi connectivity index (χ1n) is 9.87. The second kappa shape index (κ2) is 11.7. The molecule has 0 saturated heterocycles. The van der Waals surface area contributed by atoms with Gasteiger partial charge >= 0.3 is 6.03 Å². The Kier molecular flexibility index (Phi) is 9.24. The summed E-state index contributed by atoms with van der Waals surface area (Å²) in [5, 5.41) is 7.34. The van der Waals surface area contributed by atoms with Gasteiger partial charge in [-0.05, 0) is 68.2 Å². The number of hydrogen-bond acceptors (Lipinski definition) is 3. The zero-order valence-corrected chi connectivity index (χ0v) is 18.1. The van der Waals surface area contributed by atoms with Crippen molar-refractivity contribution in [1.29, 1.82) is 0 Å². The number of likely N-dealkylation sites (N-methyl/N-ethyl adjacent to an activating group) is 1. The Morgan fingerprint density at radius 3 is 2.54 bits per heavy atom. The van der Waals surface area contributed by atoms with E-state index in [0.29, 0.717) is 19.1 Å². The molecule has 4 nitrogen and oxygen atoms in total. The number of amides is 2. The molecule has 0 aliphatic rings. The summed E-state index contributed by atoms with van der Waals surface area (Å²) in [6, 6.07) is 13.1. The van der Waals surface area contributed by atoms with Gasteiger partial charge in [0.2, 0.25) is 0 Å². The minimum Gasteiger partial charge on any atom is -0.335 e. The summed E-state index contributed by atoms with van der Waals surface area (Å²) in [5.74, 6) is 0. The molecule has 28 heavy (non-hydrogen) atoms. The van der Waals surface area contributed by atoms with Gasteiger partial charge in [0.1, 0.15) is 0 Å². The molecular weight excluding hydrogens is 366 g/mol. The topological polar surface area (TPSA) is 35.6 Å². The summed E-state index contributed by atoms with van der Waals surface area (Å²) in [6.07, 6.45) is 4.55. The largest absolute Gasteiger partial charge is 0.335 e. The number of benzene rings is 1. The van der Waals surface area contributed by atoms with E-state index >= 15 is 0 Å². The van der Waals surface area contributed by atoms with E-state index < -0.39 is 0 Å². The molecule has 0 saturated carbocycles. The molecule has 2 atom stereocenters. The highest BCUT2D eigenvalue weighted by Gasteiger charge is 2.18. The van der Waals surface area contributed by atoms with E-state index in [-0.39, 0.29) is 12.1 Å². The Morgan fingerprint density at radius 1 is 1.18 bits per heavy atom. The summed E-state index contributed by atoms with van der Waals surface area (Å²) in [7, 11) is 4.21. The molecule has 152 valence electrons. The van der Waals surface area contributed by atoms with Crippen LogP contribution in [0.25, 0.3) is 0 Å². The van der Waals surface area contributed by atoms with Crippen LogP contribution in [-0.4, -0.2) is 55.1 Å². The van der Waals surface area contributed by atoms with Crippen LogP contribution < -0.4 is 5.32 Å². The Labute approximate surface area is 173 Å². The van der Waals surface area contributed by atoms with Crippen molar-refractivity contribution in [3.8, 4) is 0 Å². The fraction of sp³-hybridized carbons (Fsp3) is 0.435. The van der Waals surface area contributed by atoms with Crippen LogP contribution in [0.3, 0.4) is 0 Å². The van der Waals surface area contributed by atoms with E-state index in [0.717, 1.165) is 19.3 Å². The highest BCUT2D eigenvalue weighted by molar-refractivity contribution is 7.07. The summed E-state index contributed by atoms with van der Waals surface area (Å²) in [4.78, 5) is 16.9. The minimum absolute atomic E-state index is 0.0140. The van der Waals surface area contributed by atoms with E-state index in [2.05, 4.69) is 78.9 Å². The smallest absolute Gasteiger partial charge is 0.317 e. The van der Waals surface area contributed by atoms with Crippen molar-refractivity contribution in [2.75, 3.05) is 27.2 Å². The molecule has 2 aromatic rings. The van der Waals surface area contributed by atoms with Crippen molar-refractivity contribution in [3.63, 3.8) is 0 Å². The zero-order valence-electron chi connectivity index (χ0n) is 17.3. The van der Waals surface area contributed by atoms with Crippen molar-refractivity contribution in [1.82, 2.24) is 15.1 Å². The van der Waals surface area contributed by atoms with Gasteiger partial charge in [-0.25, -0.2) is 4.79 Å². The van der Waals surface area contributed by atoms with Crippen LogP contribution in [0.4, 0.5) is 4.79 Å². The van der Waals surface area contributed by atoms with Gasteiger partial charge < -0.3 is 15.1 Å². The van der Waals surface area contributed by atoms with Gasteiger partial charge in [-0.2, -0.15) is 11.3 Å². The Morgan fingerprint density at radius 2 is 1.93 bits per heavy atom. The number of hydrogen-bond donors (Lipinski definition) is 1. The molecule has 0 spiro atoms. The maximum absolute atomic E-state index is 12.8. The Bertz CT molecular complexity index is 700. The summed E-state index contributed by atoms with van der Waals surface area (Å²) >= 11 is 1.69. The molecule has 1 heterocycles. The molecule has 2 amide bonds. The highest BCUT2D eigenvalue weighted by Crippen LogP contribution is 2.12. The maximum Gasteiger partial charge on any atom is 0.317 e. The van der Waals surface area contributed by atoms with Crippen molar-refractivity contribution >= 4 is 17.4 Å². The molecule has 0 bridgehead atoms. The molecule has 1 N–H and O–H groups in total. The van der Waals surface area contributed by atoms with Gasteiger partial charge in [-0.1, -0.05) is 36.4 Å². The quantitative estimate of drug-likeness (QED) is 0.567. The molecule has 0 aliphatic heterocycles. The first-order valence-corrected chi connectivity index (χ1v) is 10.8. The van der Waals surface area contributed by atoms with Crippen LogP contribution in [-0.2, 0) is 12.8 Å². The number of rotatable bonds is 11. The molecule has 5 heteroatoms. The summed E-state index contributed by atoms with van der Waals surface area (Å²) in [6.45, 7) is 7.14. The standard InChI is InChI=1S/C23H33N3OS/c1-5-13-26(23(27)24-19(2)16-21-12-15-28-18-21)14-11-22(25(3)4)17-20-9-7-6-8-10-20/h5-10,12,15,18-19,22H,1,11,13-14,16-17H2,2-4H3,(H,24,27)/t19-,22?/m0/s1. The molecule has 0 aliphatic carbocycles. The van der Waals surface area contributed by atoms with Crippen molar-refractivity contribution < 1.29 is 4.79 Å². The third-order valence-electron chi connectivity index (χ3n) is 4.91. The Balaban J connectivity index is 1.90. The number of thiophene rings is 1. The number of carbonyl (C=O) groups excluding carboxylic acids is 1. The van der Waals surface area contributed by atoms with Crippen LogP contribution in [0.2, 0.25) is 0 Å². The lowest BCUT2D eigenvalue weighted by Gasteiger charge is -2.29. The van der Waals surface area contributed by atoms with Gasteiger partial charge in [0.15, 0.2) is 0 Å². The molecule has 1 aromatic heterocycles.